The maximum Gasteiger partial charge on any atom is 0.175 e. The molecule has 4 nitrogen and oxygen atoms in total. The van der Waals surface area contributed by atoms with Gasteiger partial charge >= 0.3 is 0 Å². The van der Waals surface area contributed by atoms with Crippen LogP contribution in [0.1, 0.15) is 6.92 Å². The maximum atomic E-state index is 11.3. The number of hydrogen-bond donors (Lipinski definition) is 0. The summed E-state index contributed by atoms with van der Waals surface area (Å²) in [6.45, 7) is 2.85. The Morgan fingerprint density at radius 1 is 1.40 bits per heavy atom. The number of sulfone groups is 1. The van der Waals surface area contributed by atoms with Crippen LogP contribution in [0.25, 0.3) is 11.0 Å². The van der Waals surface area contributed by atoms with Gasteiger partial charge in [-0.05, 0) is 25.1 Å². The third kappa shape index (κ3) is 1.74. The molecule has 0 aliphatic heterocycles. The number of benzene rings is 1. The van der Waals surface area contributed by atoms with Gasteiger partial charge in [-0.1, -0.05) is 0 Å². The van der Waals surface area contributed by atoms with Gasteiger partial charge in [0.15, 0.2) is 9.84 Å². The first-order chi connectivity index (χ1) is 7.02. The lowest BCUT2D eigenvalue weighted by atomic mass is 10.3. The van der Waals surface area contributed by atoms with Gasteiger partial charge in [-0.25, -0.2) is 13.4 Å². The summed E-state index contributed by atoms with van der Waals surface area (Å²) in [5.74, 6) is 0. The molecule has 0 fully saturated rings. The van der Waals surface area contributed by atoms with E-state index < -0.39 is 9.84 Å². The molecule has 0 saturated heterocycles. The van der Waals surface area contributed by atoms with Gasteiger partial charge in [-0.2, -0.15) is 0 Å². The fourth-order valence-corrected chi connectivity index (χ4v) is 2.17. The molecule has 15 heavy (non-hydrogen) atoms. The molecule has 1 aromatic carbocycles. The van der Waals surface area contributed by atoms with Crippen molar-refractivity contribution in [3.05, 3.63) is 24.5 Å². The van der Waals surface area contributed by atoms with E-state index in [4.69, 9.17) is 0 Å². The molecular weight excluding hydrogens is 212 g/mol. The van der Waals surface area contributed by atoms with Crippen LogP contribution in [-0.2, 0) is 16.4 Å². The fraction of sp³-hybridized carbons (Fsp3) is 0.300. The van der Waals surface area contributed by atoms with Crippen molar-refractivity contribution in [3.8, 4) is 0 Å². The number of aromatic nitrogens is 2. The van der Waals surface area contributed by atoms with Gasteiger partial charge in [0, 0.05) is 12.8 Å². The molecule has 0 aliphatic rings. The van der Waals surface area contributed by atoms with Crippen LogP contribution in [0.3, 0.4) is 0 Å². The lowest BCUT2D eigenvalue weighted by Crippen LogP contribution is -1.97. The highest BCUT2D eigenvalue weighted by Crippen LogP contribution is 2.17. The van der Waals surface area contributed by atoms with Crippen molar-refractivity contribution in [1.82, 2.24) is 9.55 Å². The maximum absolute atomic E-state index is 11.3. The topological polar surface area (TPSA) is 52.0 Å². The first kappa shape index (κ1) is 10.2. The Balaban J connectivity index is 2.69. The smallest absolute Gasteiger partial charge is 0.175 e. The summed E-state index contributed by atoms with van der Waals surface area (Å²) in [5, 5.41) is 0. The molecule has 0 spiro atoms. The SMILES string of the molecule is CCn1cnc2cc(S(C)(=O)=O)ccc21. The molecule has 0 N–H and O–H groups in total. The van der Waals surface area contributed by atoms with Gasteiger partial charge in [0.25, 0.3) is 0 Å². The quantitative estimate of drug-likeness (QED) is 0.776. The van der Waals surface area contributed by atoms with Crippen molar-refractivity contribution < 1.29 is 8.42 Å². The van der Waals surface area contributed by atoms with Crippen molar-refractivity contribution in [2.45, 2.75) is 18.4 Å². The predicted molar refractivity (Wildman–Crippen MR) is 58.5 cm³/mol. The van der Waals surface area contributed by atoms with Crippen LogP contribution < -0.4 is 0 Å². The molecule has 0 bridgehead atoms. The number of nitrogens with zero attached hydrogens (tertiary/aromatic N) is 2. The highest BCUT2D eigenvalue weighted by Gasteiger charge is 2.09. The molecule has 80 valence electrons. The van der Waals surface area contributed by atoms with Crippen molar-refractivity contribution in [2.75, 3.05) is 6.26 Å². The number of fused-ring (bicyclic) bond motifs is 1. The second-order valence-corrected chi connectivity index (χ2v) is 5.47. The van der Waals surface area contributed by atoms with Crippen LogP contribution in [0.2, 0.25) is 0 Å². The molecule has 0 aliphatic carbocycles. The number of imidazole rings is 1. The Morgan fingerprint density at radius 2 is 2.13 bits per heavy atom. The lowest BCUT2D eigenvalue weighted by Gasteiger charge is -2.00. The standard InChI is InChI=1S/C10H12N2O2S/c1-3-12-7-11-9-6-8(15(2,13)14)4-5-10(9)12/h4-7H,3H2,1-2H3. The summed E-state index contributed by atoms with van der Waals surface area (Å²) in [6, 6.07) is 5.02. The van der Waals surface area contributed by atoms with Gasteiger partial charge in [0.05, 0.1) is 22.3 Å². The molecule has 0 amide bonds. The molecule has 2 rings (SSSR count). The fourth-order valence-electron chi connectivity index (χ4n) is 1.53. The van der Waals surface area contributed by atoms with Crippen LogP contribution in [0, 0.1) is 0 Å². The van der Waals surface area contributed by atoms with E-state index in [9.17, 15) is 8.42 Å². The van der Waals surface area contributed by atoms with Crippen molar-refractivity contribution in [3.63, 3.8) is 0 Å². The van der Waals surface area contributed by atoms with Crippen molar-refractivity contribution >= 4 is 20.9 Å². The monoisotopic (exact) mass is 224 g/mol. The Bertz CT molecular complexity index is 599. The van der Waals surface area contributed by atoms with E-state index in [1.807, 2.05) is 11.5 Å². The minimum Gasteiger partial charge on any atom is -0.331 e. The molecular formula is C10H12N2O2S. The first-order valence-corrected chi connectivity index (χ1v) is 6.56. The van der Waals surface area contributed by atoms with Crippen molar-refractivity contribution in [1.29, 1.82) is 0 Å². The summed E-state index contributed by atoms with van der Waals surface area (Å²) >= 11 is 0. The van der Waals surface area contributed by atoms with E-state index in [-0.39, 0.29) is 0 Å². The second kappa shape index (κ2) is 3.34. The van der Waals surface area contributed by atoms with E-state index in [1.54, 1.807) is 24.5 Å². The van der Waals surface area contributed by atoms with Crippen LogP contribution in [0.15, 0.2) is 29.4 Å². The summed E-state index contributed by atoms with van der Waals surface area (Å²) < 4.78 is 24.6. The van der Waals surface area contributed by atoms with Crippen LogP contribution in [0.5, 0.6) is 0 Å². The second-order valence-electron chi connectivity index (χ2n) is 3.45. The molecule has 0 saturated carbocycles. The summed E-state index contributed by atoms with van der Waals surface area (Å²) in [5.41, 5.74) is 1.68. The number of rotatable bonds is 2. The lowest BCUT2D eigenvalue weighted by molar-refractivity contribution is 0.602. The van der Waals surface area contributed by atoms with Crippen LogP contribution in [-0.4, -0.2) is 24.2 Å². The van der Waals surface area contributed by atoms with Gasteiger partial charge in [0.1, 0.15) is 0 Å². The van der Waals surface area contributed by atoms with E-state index in [1.165, 1.54) is 6.26 Å². The predicted octanol–water partition coefficient (Wildman–Crippen LogP) is 1.46. The third-order valence-corrected chi connectivity index (χ3v) is 3.47. The molecule has 1 heterocycles. The minimum atomic E-state index is -3.14. The normalized spacial score (nSPS) is 12.1. The summed E-state index contributed by atoms with van der Waals surface area (Å²) in [4.78, 5) is 4.48. The van der Waals surface area contributed by atoms with Gasteiger partial charge in [-0.3, -0.25) is 0 Å². The van der Waals surface area contributed by atoms with Crippen LogP contribution in [0.4, 0.5) is 0 Å². The number of aryl methyl sites for hydroxylation is 1. The van der Waals surface area contributed by atoms with Gasteiger partial charge in [-0.15, -0.1) is 0 Å². The van der Waals surface area contributed by atoms with Crippen LogP contribution >= 0.6 is 0 Å². The summed E-state index contributed by atoms with van der Waals surface area (Å²) in [6.07, 6.45) is 2.92. The zero-order valence-electron chi connectivity index (χ0n) is 8.64. The Hall–Kier alpha value is -1.36. The van der Waals surface area contributed by atoms with E-state index in [0.29, 0.717) is 4.90 Å². The molecule has 1 aromatic heterocycles. The summed E-state index contributed by atoms with van der Waals surface area (Å²) in [7, 11) is -3.14. The van der Waals surface area contributed by atoms with Gasteiger partial charge in [0.2, 0.25) is 0 Å². The molecule has 0 unspecified atom stereocenters. The highest BCUT2D eigenvalue weighted by molar-refractivity contribution is 7.90. The van der Waals surface area contributed by atoms with Crippen molar-refractivity contribution in [2.24, 2.45) is 0 Å². The Morgan fingerprint density at radius 3 is 2.73 bits per heavy atom. The van der Waals surface area contributed by atoms with E-state index in [0.717, 1.165) is 17.6 Å². The van der Waals surface area contributed by atoms with E-state index >= 15 is 0 Å². The highest BCUT2D eigenvalue weighted by atomic mass is 32.2. The van der Waals surface area contributed by atoms with Gasteiger partial charge < -0.3 is 4.57 Å². The third-order valence-electron chi connectivity index (χ3n) is 2.36. The average molecular weight is 224 g/mol. The average Bonchev–Trinajstić information content (AvgIpc) is 2.58. The zero-order chi connectivity index (χ0) is 11.1. The largest absolute Gasteiger partial charge is 0.331 e. The molecule has 0 radical (unpaired) electrons. The Labute approximate surface area is 88.5 Å². The number of hydrogen-bond acceptors (Lipinski definition) is 3. The zero-order valence-corrected chi connectivity index (χ0v) is 9.45. The molecule has 0 atom stereocenters. The first-order valence-electron chi connectivity index (χ1n) is 4.67. The van der Waals surface area contributed by atoms with E-state index in [2.05, 4.69) is 4.98 Å². The molecule has 5 heteroatoms. The Kier molecular flexibility index (Phi) is 2.26. The molecule has 2 aromatic rings. The minimum absolute atomic E-state index is 0.316.